The molecule has 0 radical (unpaired) electrons. The van der Waals surface area contributed by atoms with E-state index < -0.39 is 0 Å². The van der Waals surface area contributed by atoms with Crippen LogP contribution in [-0.4, -0.2) is 15.9 Å². The number of benzene rings is 2. The lowest BCUT2D eigenvalue weighted by atomic mass is 10.2. The van der Waals surface area contributed by atoms with Gasteiger partial charge in [-0.05, 0) is 47.8 Å². The van der Waals surface area contributed by atoms with Gasteiger partial charge in [-0.2, -0.15) is 0 Å². The van der Waals surface area contributed by atoms with E-state index in [1.807, 2.05) is 29.6 Å². The highest BCUT2D eigenvalue weighted by Crippen LogP contribution is 2.29. The fraction of sp³-hybridized carbons (Fsp3) is 0. The predicted molar refractivity (Wildman–Crippen MR) is 98.3 cm³/mol. The number of thiophene rings is 1. The van der Waals surface area contributed by atoms with Crippen LogP contribution in [0.25, 0.3) is 10.2 Å². The summed E-state index contributed by atoms with van der Waals surface area (Å²) in [6.45, 7) is 0. The zero-order valence-electron chi connectivity index (χ0n) is 13.0. The number of nitrogens with one attached hydrogen (secondary N) is 1. The van der Waals surface area contributed by atoms with Crippen LogP contribution in [0.4, 0.5) is 5.69 Å². The Hall–Kier alpha value is -3.25. The van der Waals surface area contributed by atoms with Crippen molar-refractivity contribution in [3.63, 3.8) is 0 Å². The number of fused-ring (bicyclic) bond motifs is 1. The summed E-state index contributed by atoms with van der Waals surface area (Å²) in [6, 6.07) is 18.2. The Morgan fingerprint density at radius 1 is 0.960 bits per heavy atom. The van der Waals surface area contributed by atoms with Gasteiger partial charge in [0.2, 0.25) is 5.88 Å². The number of anilines is 1. The quantitative estimate of drug-likeness (QED) is 0.579. The normalized spacial score (nSPS) is 10.6. The average molecular weight is 347 g/mol. The van der Waals surface area contributed by atoms with Crippen LogP contribution < -0.4 is 10.1 Å². The lowest BCUT2D eigenvalue weighted by molar-refractivity contribution is 0.102. The summed E-state index contributed by atoms with van der Waals surface area (Å²) in [5.41, 5.74) is 1.31. The zero-order valence-corrected chi connectivity index (χ0v) is 13.9. The number of aromatic nitrogens is 2. The molecule has 5 nitrogen and oxygen atoms in total. The summed E-state index contributed by atoms with van der Waals surface area (Å²) < 4.78 is 5.84. The van der Waals surface area contributed by atoms with E-state index in [4.69, 9.17) is 4.74 Å². The first-order valence-corrected chi connectivity index (χ1v) is 8.50. The largest absolute Gasteiger partial charge is 0.438 e. The van der Waals surface area contributed by atoms with Crippen LogP contribution in [0.1, 0.15) is 10.4 Å². The first-order valence-electron chi connectivity index (χ1n) is 7.62. The van der Waals surface area contributed by atoms with E-state index in [2.05, 4.69) is 15.3 Å². The smallest absolute Gasteiger partial charge is 0.255 e. The van der Waals surface area contributed by atoms with Crippen molar-refractivity contribution in [3.8, 4) is 11.6 Å². The van der Waals surface area contributed by atoms with Crippen molar-refractivity contribution in [2.24, 2.45) is 0 Å². The molecule has 2 heterocycles. The molecule has 0 aliphatic heterocycles. The Morgan fingerprint density at radius 2 is 1.76 bits per heavy atom. The molecule has 0 fully saturated rings. The number of rotatable bonds is 4. The predicted octanol–water partition coefficient (Wildman–Crippen LogP) is 4.74. The van der Waals surface area contributed by atoms with E-state index in [0.29, 0.717) is 22.9 Å². The molecule has 0 bridgehead atoms. The summed E-state index contributed by atoms with van der Waals surface area (Å²) in [4.78, 5) is 21.4. The maximum atomic E-state index is 12.1. The number of carbonyl (C=O) groups excluding carboxylic acids is 1. The van der Waals surface area contributed by atoms with Crippen molar-refractivity contribution >= 4 is 33.1 Å². The highest BCUT2D eigenvalue weighted by molar-refractivity contribution is 7.16. The van der Waals surface area contributed by atoms with Gasteiger partial charge in [0.05, 0.1) is 5.39 Å². The second-order valence-electron chi connectivity index (χ2n) is 5.26. The molecule has 25 heavy (non-hydrogen) atoms. The monoisotopic (exact) mass is 347 g/mol. The van der Waals surface area contributed by atoms with Crippen molar-refractivity contribution < 1.29 is 9.53 Å². The summed E-state index contributed by atoms with van der Waals surface area (Å²) in [5, 5.41) is 5.69. The van der Waals surface area contributed by atoms with Crippen molar-refractivity contribution in [1.82, 2.24) is 9.97 Å². The van der Waals surface area contributed by atoms with Crippen LogP contribution >= 0.6 is 11.3 Å². The number of hydrogen-bond donors (Lipinski definition) is 1. The van der Waals surface area contributed by atoms with Crippen LogP contribution in [0, 0.1) is 0 Å². The topological polar surface area (TPSA) is 64.1 Å². The molecular formula is C19H13N3O2S. The minimum atomic E-state index is -0.148. The highest BCUT2D eigenvalue weighted by Gasteiger charge is 2.08. The zero-order chi connectivity index (χ0) is 17.1. The van der Waals surface area contributed by atoms with Crippen molar-refractivity contribution in [2.45, 2.75) is 0 Å². The molecule has 0 saturated heterocycles. The molecule has 0 spiro atoms. The van der Waals surface area contributed by atoms with Gasteiger partial charge >= 0.3 is 0 Å². The Morgan fingerprint density at radius 3 is 2.56 bits per heavy atom. The van der Waals surface area contributed by atoms with Gasteiger partial charge in [-0.15, -0.1) is 11.3 Å². The molecule has 0 saturated carbocycles. The molecule has 122 valence electrons. The first kappa shape index (κ1) is 15.3. The van der Waals surface area contributed by atoms with Crippen LogP contribution in [0.15, 0.2) is 72.4 Å². The molecule has 4 aromatic rings. The molecule has 1 amide bonds. The van der Waals surface area contributed by atoms with E-state index in [0.717, 1.165) is 10.2 Å². The van der Waals surface area contributed by atoms with Gasteiger partial charge in [-0.1, -0.05) is 18.2 Å². The Bertz CT molecular complexity index is 1010. The molecule has 4 rings (SSSR count). The standard InChI is InChI=1S/C19H13N3O2S/c23-17(13-4-2-1-3-5-13)22-14-6-8-15(9-7-14)24-18-16-10-11-25-19(16)21-12-20-18/h1-12H,(H,22,23). The Balaban J connectivity index is 1.49. The maximum Gasteiger partial charge on any atom is 0.255 e. The van der Waals surface area contributed by atoms with E-state index in [9.17, 15) is 4.79 Å². The van der Waals surface area contributed by atoms with Gasteiger partial charge in [-0.25, -0.2) is 9.97 Å². The van der Waals surface area contributed by atoms with Crippen molar-refractivity contribution in [2.75, 3.05) is 5.32 Å². The summed E-state index contributed by atoms with van der Waals surface area (Å²) in [5.74, 6) is 1.02. The van der Waals surface area contributed by atoms with E-state index in [1.54, 1.807) is 47.7 Å². The lowest BCUT2D eigenvalue weighted by Crippen LogP contribution is -2.11. The van der Waals surface area contributed by atoms with Crippen LogP contribution in [-0.2, 0) is 0 Å². The number of nitrogens with zero attached hydrogens (tertiary/aromatic N) is 2. The third-order valence-corrected chi connectivity index (χ3v) is 4.41. The van der Waals surface area contributed by atoms with Gasteiger partial charge in [0, 0.05) is 11.3 Å². The molecule has 2 aromatic heterocycles. The highest BCUT2D eigenvalue weighted by atomic mass is 32.1. The van der Waals surface area contributed by atoms with Gasteiger partial charge in [0.25, 0.3) is 5.91 Å². The van der Waals surface area contributed by atoms with Gasteiger partial charge in [-0.3, -0.25) is 4.79 Å². The fourth-order valence-corrected chi connectivity index (χ4v) is 3.08. The number of amides is 1. The Labute approximate surface area is 147 Å². The summed E-state index contributed by atoms with van der Waals surface area (Å²) in [7, 11) is 0. The van der Waals surface area contributed by atoms with Gasteiger partial charge in [0.15, 0.2) is 0 Å². The maximum absolute atomic E-state index is 12.1. The van der Waals surface area contributed by atoms with Gasteiger partial charge in [0.1, 0.15) is 16.9 Å². The van der Waals surface area contributed by atoms with Gasteiger partial charge < -0.3 is 10.1 Å². The van der Waals surface area contributed by atoms with Crippen LogP contribution in [0.3, 0.4) is 0 Å². The minimum Gasteiger partial charge on any atom is -0.438 e. The van der Waals surface area contributed by atoms with E-state index >= 15 is 0 Å². The number of hydrogen-bond acceptors (Lipinski definition) is 5. The van der Waals surface area contributed by atoms with Crippen molar-refractivity contribution in [1.29, 1.82) is 0 Å². The third kappa shape index (κ3) is 3.34. The molecular weight excluding hydrogens is 334 g/mol. The number of ether oxygens (including phenoxy) is 1. The molecule has 0 aliphatic carbocycles. The van der Waals surface area contributed by atoms with Crippen LogP contribution in [0.2, 0.25) is 0 Å². The lowest BCUT2D eigenvalue weighted by Gasteiger charge is -2.08. The fourth-order valence-electron chi connectivity index (χ4n) is 2.36. The van der Waals surface area contributed by atoms with E-state index in [-0.39, 0.29) is 5.91 Å². The van der Waals surface area contributed by atoms with Crippen molar-refractivity contribution in [3.05, 3.63) is 77.9 Å². The molecule has 6 heteroatoms. The molecule has 0 atom stereocenters. The molecule has 1 N–H and O–H groups in total. The van der Waals surface area contributed by atoms with E-state index in [1.165, 1.54) is 6.33 Å². The number of carbonyl (C=O) groups is 1. The third-order valence-electron chi connectivity index (χ3n) is 3.59. The SMILES string of the molecule is O=C(Nc1ccc(Oc2ncnc3sccc23)cc1)c1ccccc1. The second kappa shape index (κ2) is 6.70. The minimum absolute atomic E-state index is 0.148. The summed E-state index contributed by atoms with van der Waals surface area (Å²) >= 11 is 1.54. The molecule has 2 aromatic carbocycles. The van der Waals surface area contributed by atoms with Crippen LogP contribution in [0.5, 0.6) is 11.6 Å². The first-order chi connectivity index (χ1) is 12.3. The Kier molecular flexibility index (Phi) is 4.10. The second-order valence-corrected chi connectivity index (χ2v) is 6.16. The molecule has 0 aliphatic rings. The molecule has 0 unspecified atom stereocenters. The summed E-state index contributed by atoms with van der Waals surface area (Å²) in [6.07, 6.45) is 1.49. The average Bonchev–Trinajstić information content (AvgIpc) is 3.14.